The second-order valence-corrected chi connectivity index (χ2v) is 6.13. The average molecular weight is 358 g/mol. The van der Waals surface area contributed by atoms with Crippen LogP contribution >= 0.6 is 0 Å². The molecule has 2 N–H and O–H groups in total. The first kappa shape index (κ1) is 17.8. The van der Waals surface area contributed by atoms with E-state index in [4.69, 9.17) is 9.47 Å². The average Bonchev–Trinajstić information content (AvgIpc) is 3.16. The Labute approximate surface area is 151 Å². The zero-order valence-corrected chi connectivity index (χ0v) is 14.8. The predicted octanol–water partition coefficient (Wildman–Crippen LogP) is 0.930. The number of hydrogen-bond donors (Lipinski definition) is 2. The summed E-state index contributed by atoms with van der Waals surface area (Å²) in [4.78, 5) is 25.9. The molecule has 0 bridgehead atoms. The van der Waals surface area contributed by atoms with Gasteiger partial charge in [0.2, 0.25) is 5.91 Å². The molecule has 8 heteroatoms. The SMILES string of the molecule is COc1ccc(OC)c(CNC(=O)C2CCN(c3cn[nH]c(=O)c3)C2)c1. The Bertz CT molecular complexity index is 836. The Morgan fingerprint density at radius 2 is 2.19 bits per heavy atom. The van der Waals surface area contributed by atoms with Crippen molar-refractivity contribution in [2.24, 2.45) is 5.92 Å². The summed E-state index contributed by atoms with van der Waals surface area (Å²) in [5.41, 5.74) is 1.34. The van der Waals surface area contributed by atoms with Gasteiger partial charge in [-0.15, -0.1) is 0 Å². The van der Waals surface area contributed by atoms with Crippen molar-refractivity contribution in [2.75, 3.05) is 32.2 Å². The number of H-pyrrole nitrogens is 1. The minimum absolute atomic E-state index is 0.0184. The molecule has 1 aliphatic heterocycles. The van der Waals surface area contributed by atoms with Crippen LogP contribution in [-0.4, -0.2) is 43.4 Å². The van der Waals surface area contributed by atoms with E-state index >= 15 is 0 Å². The van der Waals surface area contributed by atoms with Crippen molar-refractivity contribution in [3.63, 3.8) is 0 Å². The smallest absolute Gasteiger partial charge is 0.266 e. The summed E-state index contributed by atoms with van der Waals surface area (Å²) in [5, 5.41) is 9.12. The lowest BCUT2D eigenvalue weighted by Gasteiger charge is -2.17. The molecular weight excluding hydrogens is 336 g/mol. The number of benzene rings is 1. The van der Waals surface area contributed by atoms with Gasteiger partial charge in [0, 0.05) is 31.3 Å². The van der Waals surface area contributed by atoms with Gasteiger partial charge in [0.15, 0.2) is 0 Å². The number of carbonyl (C=O) groups is 1. The zero-order valence-electron chi connectivity index (χ0n) is 14.8. The molecule has 1 saturated heterocycles. The third kappa shape index (κ3) is 3.96. The van der Waals surface area contributed by atoms with Crippen molar-refractivity contribution in [3.8, 4) is 11.5 Å². The van der Waals surface area contributed by atoms with Gasteiger partial charge in [0.1, 0.15) is 11.5 Å². The molecule has 26 heavy (non-hydrogen) atoms. The third-order valence-electron chi connectivity index (χ3n) is 4.52. The number of hydrogen-bond acceptors (Lipinski definition) is 6. The van der Waals surface area contributed by atoms with E-state index in [0.717, 1.165) is 17.7 Å². The minimum Gasteiger partial charge on any atom is -0.497 e. The summed E-state index contributed by atoms with van der Waals surface area (Å²) in [7, 11) is 3.19. The highest BCUT2D eigenvalue weighted by Gasteiger charge is 2.28. The van der Waals surface area contributed by atoms with E-state index in [1.54, 1.807) is 20.4 Å². The number of carbonyl (C=O) groups excluding carboxylic acids is 1. The van der Waals surface area contributed by atoms with Crippen LogP contribution in [0.3, 0.4) is 0 Å². The molecule has 2 heterocycles. The molecule has 0 radical (unpaired) electrons. The number of aromatic nitrogens is 2. The van der Waals surface area contributed by atoms with Gasteiger partial charge >= 0.3 is 0 Å². The van der Waals surface area contributed by atoms with Crippen molar-refractivity contribution in [3.05, 3.63) is 46.4 Å². The molecule has 1 fully saturated rings. The van der Waals surface area contributed by atoms with E-state index in [1.165, 1.54) is 6.07 Å². The molecule has 0 aliphatic carbocycles. The number of methoxy groups -OCH3 is 2. The van der Waals surface area contributed by atoms with Gasteiger partial charge in [-0.1, -0.05) is 0 Å². The first-order valence-electron chi connectivity index (χ1n) is 8.39. The van der Waals surface area contributed by atoms with Crippen LogP contribution in [0, 0.1) is 5.92 Å². The maximum absolute atomic E-state index is 12.5. The normalized spacial score (nSPS) is 16.4. The topological polar surface area (TPSA) is 96.6 Å². The van der Waals surface area contributed by atoms with Gasteiger partial charge in [0.05, 0.1) is 32.0 Å². The lowest BCUT2D eigenvalue weighted by atomic mass is 10.1. The van der Waals surface area contributed by atoms with Crippen molar-refractivity contribution in [1.29, 1.82) is 0 Å². The molecular formula is C18H22N4O4. The van der Waals surface area contributed by atoms with Gasteiger partial charge < -0.3 is 19.7 Å². The summed E-state index contributed by atoms with van der Waals surface area (Å²) in [5.74, 6) is 1.26. The Morgan fingerprint density at radius 1 is 1.35 bits per heavy atom. The minimum atomic E-state index is -0.250. The lowest BCUT2D eigenvalue weighted by Crippen LogP contribution is -2.32. The largest absolute Gasteiger partial charge is 0.497 e. The first-order chi connectivity index (χ1) is 12.6. The third-order valence-corrected chi connectivity index (χ3v) is 4.52. The number of ether oxygens (including phenoxy) is 2. The highest BCUT2D eigenvalue weighted by molar-refractivity contribution is 5.80. The molecule has 1 aliphatic rings. The molecule has 138 valence electrons. The number of anilines is 1. The van der Waals surface area contributed by atoms with E-state index < -0.39 is 0 Å². The van der Waals surface area contributed by atoms with Crippen LogP contribution in [0.4, 0.5) is 5.69 Å². The molecule has 1 atom stereocenters. The fourth-order valence-electron chi connectivity index (χ4n) is 3.09. The second kappa shape index (κ2) is 7.90. The Hall–Kier alpha value is -3.03. The summed E-state index contributed by atoms with van der Waals surface area (Å²) < 4.78 is 10.6. The van der Waals surface area contributed by atoms with Crippen molar-refractivity contribution in [1.82, 2.24) is 15.5 Å². The van der Waals surface area contributed by atoms with E-state index in [9.17, 15) is 9.59 Å². The van der Waals surface area contributed by atoms with Crippen molar-refractivity contribution in [2.45, 2.75) is 13.0 Å². The summed E-state index contributed by atoms with van der Waals surface area (Å²) >= 11 is 0. The molecule has 0 saturated carbocycles. The van der Waals surface area contributed by atoms with Crippen molar-refractivity contribution < 1.29 is 14.3 Å². The van der Waals surface area contributed by atoms with Crippen LogP contribution in [-0.2, 0) is 11.3 Å². The molecule has 3 rings (SSSR count). The van der Waals surface area contributed by atoms with E-state index in [1.807, 2.05) is 23.1 Å². The van der Waals surface area contributed by atoms with Gasteiger partial charge in [-0.3, -0.25) is 9.59 Å². The number of aromatic amines is 1. The summed E-state index contributed by atoms with van der Waals surface area (Å²) in [6.45, 7) is 1.64. The van der Waals surface area contributed by atoms with Gasteiger partial charge in [0.25, 0.3) is 5.56 Å². The van der Waals surface area contributed by atoms with Crippen LogP contribution in [0.25, 0.3) is 0 Å². The molecule has 1 amide bonds. The van der Waals surface area contributed by atoms with Gasteiger partial charge in [-0.05, 0) is 24.6 Å². The van der Waals surface area contributed by atoms with Crippen LogP contribution in [0.15, 0.2) is 35.3 Å². The van der Waals surface area contributed by atoms with Gasteiger partial charge in [-0.25, -0.2) is 5.10 Å². The first-order valence-corrected chi connectivity index (χ1v) is 8.39. The highest BCUT2D eigenvalue weighted by Crippen LogP contribution is 2.25. The maximum Gasteiger partial charge on any atom is 0.266 e. The quantitative estimate of drug-likeness (QED) is 0.797. The predicted molar refractivity (Wildman–Crippen MR) is 96.6 cm³/mol. The standard InChI is InChI=1S/C18H22N4O4/c1-25-15-3-4-16(26-2)13(7-15)9-19-18(24)12-5-6-22(11-12)14-8-17(23)21-20-10-14/h3-4,7-8,10,12H,5-6,9,11H2,1-2H3,(H,19,24)(H,21,23). The fourth-order valence-corrected chi connectivity index (χ4v) is 3.09. The number of amides is 1. The molecule has 0 spiro atoms. The molecule has 2 aromatic rings. The Kier molecular flexibility index (Phi) is 5.40. The van der Waals surface area contributed by atoms with Crippen LogP contribution < -0.4 is 25.2 Å². The summed E-state index contributed by atoms with van der Waals surface area (Å²) in [6, 6.07) is 6.97. The van der Waals surface area contributed by atoms with Crippen LogP contribution in [0.2, 0.25) is 0 Å². The molecule has 1 aromatic heterocycles. The Balaban J connectivity index is 1.60. The monoisotopic (exact) mass is 358 g/mol. The maximum atomic E-state index is 12.5. The van der Waals surface area contributed by atoms with Crippen molar-refractivity contribution >= 4 is 11.6 Å². The van der Waals surface area contributed by atoms with Crippen LogP contribution in [0.1, 0.15) is 12.0 Å². The summed E-state index contributed by atoms with van der Waals surface area (Å²) in [6.07, 6.45) is 2.33. The number of rotatable bonds is 6. The molecule has 8 nitrogen and oxygen atoms in total. The van der Waals surface area contributed by atoms with Gasteiger partial charge in [-0.2, -0.15) is 5.10 Å². The number of nitrogens with zero attached hydrogens (tertiary/aromatic N) is 2. The fraction of sp³-hybridized carbons (Fsp3) is 0.389. The molecule has 1 unspecified atom stereocenters. The Morgan fingerprint density at radius 3 is 2.92 bits per heavy atom. The zero-order chi connectivity index (χ0) is 18.5. The second-order valence-electron chi connectivity index (χ2n) is 6.13. The van der Waals surface area contributed by atoms with Crippen LogP contribution in [0.5, 0.6) is 11.5 Å². The lowest BCUT2D eigenvalue weighted by molar-refractivity contribution is -0.124. The van der Waals surface area contributed by atoms with E-state index in [-0.39, 0.29) is 17.4 Å². The number of nitrogens with one attached hydrogen (secondary N) is 2. The van der Waals surface area contributed by atoms with E-state index in [0.29, 0.717) is 31.1 Å². The highest BCUT2D eigenvalue weighted by atomic mass is 16.5. The molecule has 1 aromatic carbocycles. The van der Waals surface area contributed by atoms with E-state index in [2.05, 4.69) is 15.5 Å².